The predicted molar refractivity (Wildman–Crippen MR) is 87.1 cm³/mol. The van der Waals surface area contributed by atoms with Gasteiger partial charge in [-0.3, -0.25) is 4.79 Å². The first-order valence-electron chi connectivity index (χ1n) is 7.71. The lowest BCUT2D eigenvalue weighted by Crippen LogP contribution is -2.47. The van der Waals surface area contributed by atoms with E-state index in [9.17, 15) is 13.2 Å². The Bertz CT molecular complexity index is 593. The molecule has 0 saturated carbocycles. The Hall–Kier alpha value is -1.40. The van der Waals surface area contributed by atoms with Crippen LogP contribution in [0.3, 0.4) is 0 Å². The van der Waals surface area contributed by atoms with Crippen LogP contribution in [0.4, 0.5) is 0 Å². The van der Waals surface area contributed by atoms with Crippen LogP contribution in [0.25, 0.3) is 0 Å². The molecule has 0 unspecified atom stereocenters. The summed E-state index contributed by atoms with van der Waals surface area (Å²) >= 11 is 0. The van der Waals surface area contributed by atoms with Crippen molar-refractivity contribution in [2.75, 3.05) is 19.3 Å². The summed E-state index contributed by atoms with van der Waals surface area (Å²) in [6, 6.07) is 9.77. The van der Waals surface area contributed by atoms with E-state index in [1.807, 2.05) is 42.2 Å². The highest BCUT2D eigenvalue weighted by atomic mass is 32.2. The number of sulfonamides is 1. The number of piperidine rings is 1. The van der Waals surface area contributed by atoms with Crippen LogP contribution in [0.1, 0.15) is 37.7 Å². The highest BCUT2D eigenvalue weighted by molar-refractivity contribution is 7.88. The maximum absolute atomic E-state index is 12.7. The number of nitrogens with zero attached hydrogens (tertiary/aromatic N) is 1. The molecule has 1 aliphatic heterocycles. The molecule has 2 rings (SSSR count). The molecular weight excluding hydrogens is 300 g/mol. The molecule has 0 bridgehead atoms. The summed E-state index contributed by atoms with van der Waals surface area (Å²) in [6.45, 7) is 3.23. The van der Waals surface area contributed by atoms with Gasteiger partial charge in [0.25, 0.3) is 0 Å². The van der Waals surface area contributed by atoms with E-state index in [2.05, 4.69) is 4.72 Å². The van der Waals surface area contributed by atoms with Gasteiger partial charge in [0.1, 0.15) is 0 Å². The maximum Gasteiger partial charge on any atom is 0.230 e. The summed E-state index contributed by atoms with van der Waals surface area (Å²) in [5.41, 5.74) is 1.05. The number of likely N-dealkylation sites (tertiary alicyclic amines) is 1. The summed E-state index contributed by atoms with van der Waals surface area (Å²) < 4.78 is 25.2. The Morgan fingerprint density at radius 1 is 1.27 bits per heavy atom. The molecule has 5 nitrogen and oxygen atoms in total. The number of nitrogens with one attached hydrogen (secondary N) is 1. The lowest BCUT2D eigenvalue weighted by atomic mass is 9.94. The average molecular weight is 324 g/mol. The molecule has 1 amide bonds. The van der Waals surface area contributed by atoms with Crippen molar-refractivity contribution in [1.29, 1.82) is 0 Å². The SMILES string of the molecule is CC[C@@H](C(=O)N1CCC(NS(C)(=O)=O)CC1)c1ccccc1. The van der Waals surface area contributed by atoms with E-state index in [0.717, 1.165) is 12.0 Å². The van der Waals surface area contributed by atoms with Gasteiger partial charge in [-0.05, 0) is 24.8 Å². The van der Waals surface area contributed by atoms with Gasteiger partial charge in [0.05, 0.1) is 12.2 Å². The number of carbonyl (C=O) groups is 1. The molecule has 1 heterocycles. The number of hydrogen-bond acceptors (Lipinski definition) is 3. The molecule has 0 aliphatic carbocycles. The topological polar surface area (TPSA) is 66.5 Å². The Balaban J connectivity index is 1.97. The van der Waals surface area contributed by atoms with Gasteiger partial charge in [0.2, 0.25) is 15.9 Å². The van der Waals surface area contributed by atoms with Crippen molar-refractivity contribution >= 4 is 15.9 Å². The highest BCUT2D eigenvalue weighted by Gasteiger charge is 2.29. The normalized spacial score (nSPS) is 18.2. The van der Waals surface area contributed by atoms with Crippen molar-refractivity contribution in [3.05, 3.63) is 35.9 Å². The number of benzene rings is 1. The maximum atomic E-state index is 12.7. The minimum atomic E-state index is -3.18. The van der Waals surface area contributed by atoms with Crippen LogP contribution in [0.15, 0.2) is 30.3 Å². The quantitative estimate of drug-likeness (QED) is 0.897. The van der Waals surface area contributed by atoms with Crippen molar-refractivity contribution in [2.45, 2.75) is 38.1 Å². The molecule has 1 aromatic carbocycles. The molecule has 0 aromatic heterocycles. The van der Waals surface area contributed by atoms with Crippen LogP contribution in [0.5, 0.6) is 0 Å². The van der Waals surface area contributed by atoms with Crippen LogP contribution in [-0.2, 0) is 14.8 Å². The van der Waals surface area contributed by atoms with Gasteiger partial charge in [0, 0.05) is 19.1 Å². The molecule has 6 heteroatoms. The third-order valence-electron chi connectivity index (χ3n) is 4.10. The van der Waals surface area contributed by atoms with Crippen LogP contribution in [0, 0.1) is 0 Å². The van der Waals surface area contributed by atoms with E-state index in [1.54, 1.807) is 0 Å². The van der Waals surface area contributed by atoms with Crippen LogP contribution < -0.4 is 4.72 Å². The zero-order chi connectivity index (χ0) is 16.2. The van der Waals surface area contributed by atoms with Crippen LogP contribution >= 0.6 is 0 Å². The minimum absolute atomic E-state index is 0.0594. The Morgan fingerprint density at radius 2 is 1.86 bits per heavy atom. The van der Waals surface area contributed by atoms with E-state index in [4.69, 9.17) is 0 Å². The molecule has 0 spiro atoms. The Kier molecular flexibility index (Phi) is 5.58. The average Bonchev–Trinajstić information content (AvgIpc) is 2.48. The first-order chi connectivity index (χ1) is 10.4. The molecule has 1 aromatic rings. The summed E-state index contributed by atoms with van der Waals surface area (Å²) in [5, 5.41) is 0. The summed E-state index contributed by atoms with van der Waals surface area (Å²) in [7, 11) is -3.18. The third-order valence-corrected chi connectivity index (χ3v) is 4.86. The summed E-state index contributed by atoms with van der Waals surface area (Å²) in [4.78, 5) is 14.6. The van der Waals surface area contributed by atoms with E-state index >= 15 is 0 Å². The monoisotopic (exact) mass is 324 g/mol. The van der Waals surface area contributed by atoms with Gasteiger partial charge in [-0.25, -0.2) is 13.1 Å². The Labute approximate surface area is 132 Å². The van der Waals surface area contributed by atoms with Crippen LogP contribution in [0.2, 0.25) is 0 Å². The van der Waals surface area contributed by atoms with Gasteiger partial charge in [-0.15, -0.1) is 0 Å². The van der Waals surface area contributed by atoms with Gasteiger partial charge in [-0.1, -0.05) is 37.3 Å². The standard InChI is InChI=1S/C16H24N2O3S/c1-3-15(13-7-5-4-6-8-13)16(19)18-11-9-14(10-12-18)17-22(2,20)21/h4-8,14-15,17H,3,9-12H2,1-2H3/t15-/m1/s1. The third kappa shape index (κ3) is 4.55. The molecule has 22 heavy (non-hydrogen) atoms. The van der Waals surface area contributed by atoms with E-state index < -0.39 is 10.0 Å². The van der Waals surface area contributed by atoms with E-state index in [1.165, 1.54) is 6.26 Å². The van der Waals surface area contributed by atoms with Crippen molar-refractivity contribution in [1.82, 2.24) is 9.62 Å². The fraction of sp³-hybridized carbons (Fsp3) is 0.562. The zero-order valence-electron chi connectivity index (χ0n) is 13.2. The zero-order valence-corrected chi connectivity index (χ0v) is 14.0. The van der Waals surface area contributed by atoms with Crippen molar-refractivity contribution in [3.8, 4) is 0 Å². The van der Waals surface area contributed by atoms with E-state index in [0.29, 0.717) is 25.9 Å². The molecule has 0 radical (unpaired) electrons. The van der Waals surface area contributed by atoms with Gasteiger partial charge in [0.15, 0.2) is 0 Å². The van der Waals surface area contributed by atoms with Crippen molar-refractivity contribution < 1.29 is 13.2 Å². The van der Waals surface area contributed by atoms with Gasteiger partial charge >= 0.3 is 0 Å². The number of rotatable bonds is 5. The first kappa shape index (κ1) is 17.0. The molecule has 1 atom stereocenters. The summed E-state index contributed by atoms with van der Waals surface area (Å²) in [6.07, 6.45) is 3.28. The second-order valence-corrected chi connectivity index (χ2v) is 7.64. The molecule has 1 aliphatic rings. The molecule has 122 valence electrons. The number of amides is 1. The minimum Gasteiger partial charge on any atom is -0.342 e. The lowest BCUT2D eigenvalue weighted by molar-refractivity contribution is -0.134. The molecule has 1 saturated heterocycles. The van der Waals surface area contributed by atoms with Crippen LogP contribution in [-0.4, -0.2) is 44.6 Å². The predicted octanol–water partition coefficient (Wildman–Crippen LogP) is 1.72. The first-order valence-corrected chi connectivity index (χ1v) is 9.61. The second-order valence-electron chi connectivity index (χ2n) is 5.86. The number of hydrogen-bond donors (Lipinski definition) is 1. The highest BCUT2D eigenvalue weighted by Crippen LogP contribution is 2.24. The smallest absolute Gasteiger partial charge is 0.230 e. The van der Waals surface area contributed by atoms with E-state index in [-0.39, 0.29) is 17.9 Å². The fourth-order valence-electron chi connectivity index (χ4n) is 2.98. The second kappa shape index (κ2) is 7.24. The molecule has 1 N–H and O–H groups in total. The fourth-order valence-corrected chi connectivity index (χ4v) is 3.82. The van der Waals surface area contributed by atoms with Gasteiger partial charge < -0.3 is 4.90 Å². The van der Waals surface area contributed by atoms with Crippen molar-refractivity contribution in [3.63, 3.8) is 0 Å². The number of carbonyl (C=O) groups excluding carboxylic acids is 1. The molecule has 1 fully saturated rings. The lowest BCUT2D eigenvalue weighted by Gasteiger charge is -2.34. The summed E-state index contributed by atoms with van der Waals surface area (Å²) in [5.74, 6) is 0.0344. The Morgan fingerprint density at radius 3 is 2.36 bits per heavy atom. The largest absolute Gasteiger partial charge is 0.342 e. The van der Waals surface area contributed by atoms with Gasteiger partial charge in [-0.2, -0.15) is 0 Å². The molecular formula is C16H24N2O3S. The van der Waals surface area contributed by atoms with Crippen molar-refractivity contribution in [2.24, 2.45) is 0 Å².